The Morgan fingerprint density at radius 2 is 1.85 bits per heavy atom. The standard InChI is InChI=1S/C21H19ClN4O/c1-13-7-8-15(22)11-17(13)25-21(27)18-12-19(23-16-9-10-16)26-20(24-18)14-5-3-2-4-6-14/h2-8,11-12,16H,9-10H2,1H3,(H,25,27)(H,23,24,26). The van der Waals surface area contributed by atoms with Crippen molar-refractivity contribution in [3.05, 3.63) is 70.9 Å². The predicted molar refractivity (Wildman–Crippen MR) is 108 cm³/mol. The summed E-state index contributed by atoms with van der Waals surface area (Å²) in [5.74, 6) is 0.896. The zero-order valence-corrected chi connectivity index (χ0v) is 15.6. The van der Waals surface area contributed by atoms with Crippen molar-refractivity contribution in [1.29, 1.82) is 0 Å². The Hall–Kier alpha value is -2.92. The fourth-order valence-corrected chi connectivity index (χ4v) is 2.88. The topological polar surface area (TPSA) is 66.9 Å². The van der Waals surface area contributed by atoms with Gasteiger partial charge in [0.2, 0.25) is 0 Å². The molecule has 1 heterocycles. The maximum Gasteiger partial charge on any atom is 0.274 e. The number of benzene rings is 2. The summed E-state index contributed by atoms with van der Waals surface area (Å²) in [6, 6.07) is 17.2. The van der Waals surface area contributed by atoms with Crippen LogP contribution in [-0.4, -0.2) is 21.9 Å². The van der Waals surface area contributed by atoms with Gasteiger partial charge in [0.25, 0.3) is 5.91 Å². The highest BCUT2D eigenvalue weighted by Gasteiger charge is 2.23. The lowest BCUT2D eigenvalue weighted by Crippen LogP contribution is -2.16. The van der Waals surface area contributed by atoms with E-state index in [1.165, 1.54) is 0 Å². The van der Waals surface area contributed by atoms with Crippen molar-refractivity contribution >= 4 is 29.0 Å². The summed E-state index contributed by atoms with van der Waals surface area (Å²) in [6.07, 6.45) is 2.24. The smallest absolute Gasteiger partial charge is 0.274 e. The second-order valence-corrected chi connectivity index (χ2v) is 7.10. The van der Waals surface area contributed by atoms with Crippen LogP contribution in [0.2, 0.25) is 5.02 Å². The van der Waals surface area contributed by atoms with Gasteiger partial charge in [-0.25, -0.2) is 9.97 Å². The molecule has 0 saturated heterocycles. The van der Waals surface area contributed by atoms with E-state index in [9.17, 15) is 4.79 Å². The van der Waals surface area contributed by atoms with Gasteiger partial charge >= 0.3 is 0 Å². The molecule has 1 fully saturated rings. The van der Waals surface area contributed by atoms with Crippen LogP contribution < -0.4 is 10.6 Å². The molecular formula is C21H19ClN4O. The highest BCUT2D eigenvalue weighted by molar-refractivity contribution is 6.31. The van der Waals surface area contributed by atoms with Gasteiger partial charge < -0.3 is 10.6 Å². The SMILES string of the molecule is Cc1ccc(Cl)cc1NC(=O)c1cc(NC2CC2)nc(-c2ccccc2)n1. The van der Waals surface area contributed by atoms with E-state index >= 15 is 0 Å². The van der Waals surface area contributed by atoms with Gasteiger partial charge in [0.15, 0.2) is 5.82 Å². The van der Waals surface area contributed by atoms with Crippen molar-refractivity contribution < 1.29 is 4.79 Å². The molecule has 136 valence electrons. The molecule has 2 N–H and O–H groups in total. The van der Waals surface area contributed by atoms with Crippen LogP contribution in [0.4, 0.5) is 11.5 Å². The summed E-state index contributed by atoms with van der Waals surface area (Å²) in [5.41, 5.74) is 2.78. The van der Waals surface area contributed by atoms with Crippen LogP contribution in [0.15, 0.2) is 54.6 Å². The first kappa shape index (κ1) is 17.5. The van der Waals surface area contributed by atoms with E-state index in [4.69, 9.17) is 11.6 Å². The van der Waals surface area contributed by atoms with Crippen LogP contribution in [0.3, 0.4) is 0 Å². The summed E-state index contributed by atoms with van der Waals surface area (Å²) in [7, 11) is 0. The average Bonchev–Trinajstić information content (AvgIpc) is 3.49. The molecule has 6 heteroatoms. The van der Waals surface area contributed by atoms with Gasteiger partial charge in [-0.05, 0) is 37.5 Å². The van der Waals surface area contributed by atoms with Crippen LogP contribution in [0.25, 0.3) is 11.4 Å². The van der Waals surface area contributed by atoms with E-state index in [-0.39, 0.29) is 5.91 Å². The fourth-order valence-electron chi connectivity index (χ4n) is 2.71. The number of rotatable bonds is 5. The first-order chi connectivity index (χ1) is 13.1. The van der Waals surface area contributed by atoms with Crippen LogP contribution in [-0.2, 0) is 0 Å². The van der Waals surface area contributed by atoms with Gasteiger partial charge in [0.05, 0.1) is 0 Å². The average molecular weight is 379 g/mol. The third-order valence-corrected chi connectivity index (χ3v) is 4.60. The molecule has 27 heavy (non-hydrogen) atoms. The monoisotopic (exact) mass is 378 g/mol. The van der Waals surface area contributed by atoms with Gasteiger partial charge in [-0.3, -0.25) is 4.79 Å². The zero-order valence-electron chi connectivity index (χ0n) is 14.9. The van der Waals surface area contributed by atoms with Crippen molar-refractivity contribution in [2.75, 3.05) is 10.6 Å². The number of carbonyl (C=O) groups is 1. The van der Waals surface area contributed by atoms with E-state index in [1.54, 1.807) is 18.2 Å². The first-order valence-corrected chi connectivity index (χ1v) is 9.25. The minimum Gasteiger partial charge on any atom is -0.367 e. The number of hydrogen-bond donors (Lipinski definition) is 2. The van der Waals surface area contributed by atoms with Crippen LogP contribution in [0.5, 0.6) is 0 Å². The fraction of sp³-hybridized carbons (Fsp3) is 0.190. The largest absolute Gasteiger partial charge is 0.367 e. The zero-order chi connectivity index (χ0) is 18.8. The lowest BCUT2D eigenvalue weighted by Gasteiger charge is -2.11. The normalized spacial score (nSPS) is 13.3. The molecule has 0 spiro atoms. The quantitative estimate of drug-likeness (QED) is 0.660. The minimum absolute atomic E-state index is 0.293. The predicted octanol–water partition coefficient (Wildman–Crippen LogP) is 4.93. The second-order valence-electron chi connectivity index (χ2n) is 6.66. The van der Waals surface area contributed by atoms with Crippen molar-refractivity contribution in [2.45, 2.75) is 25.8 Å². The van der Waals surface area contributed by atoms with Crippen molar-refractivity contribution in [3.8, 4) is 11.4 Å². The number of amides is 1. The summed E-state index contributed by atoms with van der Waals surface area (Å²) in [6.45, 7) is 1.92. The molecule has 1 aromatic heterocycles. The Morgan fingerprint density at radius 3 is 2.59 bits per heavy atom. The third kappa shape index (κ3) is 4.26. The Kier molecular flexibility index (Phi) is 4.77. The summed E-state index contributed by atoms with van der Waals surface area (Å²) in [4.78, 5) is 21.9. The Morgan fingerprint density at radius 1 is 1.07 bits per heavy atom. The number of hydrogen-bond acceptors (Lipinski definition) is 4. The van der Waals surface area contributed by atoms with E-state index in [0.29, 0.717) is 34.1 Å². The van der Waals surface area contributed by atoms with Gasteiger partial charge in [0.1, 0.15) is 11.5 Å². The summed E-state index contributed by atoms with van der Waals surface area (Å²) >= 11 is 6.05. The Balaban J connectivity index is 1.67. The van der Waals surface area contributed by atoms with Crippen molar-refractivity contribution in [2.24, 2.45) is 0 Å². The lowest BCUT2D eigenvalue weighted by atomic mass is 10.2. The molecule has 0 atom stereocenters. The number of aryl methyl sites for hydroxylation is 1. The van der Waals surface area contributed by atoms with Crippen LogP contribution in [0.1, 0.15) is 28.9 Å². The summed E-state index contributed by atoms with van der Waals surface area (Å²) in [5, 5.41) is 6.82. The van der Waals surface area contributed by atoms with E-state index < -0.39 is 0 Å². The Bertz CT molecular complexity index is 987. The maximum absolute atomic E-state index is 12.8. The molecule has 4 rings (SSSR count). The number of halogens is 1. The number of nitrogens with zero attached hydrogens (tertiary/aromatic N) is 2. The first-order valence-electron chi connectivity index (χ1n) is 8.87. The molecule has 1 aliphatic carbocycles. The van der Waals surface area contributed by atoms with Crippen LogP contribution >= 0.6 is 11.6 Å². The van der Waals surface area contributed by atoms with Gasteiger partial charge in [-0.15, -0.1) is 0 Å². The minimum atomic E-state index is -0.293. The molecule has 0 aliphatic heterocycles. The van der Waals surface area contributed by atoms with Gasteiger partial charge in [0, 0.05) is 28.4 Å². The number of nitrogens with one attached hydrogen (secondary N) is 2. The number of aromatic nitrogens is 2. The maximum atomic E-state index is 12.8. The van der Waals surface area contributed by atoms with Crippen molar-refractivity contribution in [1.82, 2.24) is 9.97 Å². The highest BCUT2D eigenvalue weighted by Crippen LogP contribution is 2.26. The van der Waals surface area contributed by atoms with Crippen LogP contribution in [0, 0.1) is 6.92 Å². The third-order valence-electron chi connectivity index (χ3n) is 4.37. The van der Waals surface area contributed by atoms with Crippen molar-refractivity contribution in [3.63, 3.8) is 0 Å². The molecular weight excluding hydrogens is 360 g/mol. The van der Waals surface area contributed by atoms with E-state index in [2.05, 4.69) is 20.6 Å². The molecule has 0 bridgehead atoms. The highest BCUT2D eigenvalue weighted by atomic mass is 35.5. The molecule has 1 saturated carbocycles. The van der Waals surface area contributed by atoms with Gasteiger partial charge in [-0.1, -0.05) is 48.0 Å². The molecule has 5 nitrogen and oxygen atoms in total. The molecule has 0 radical (unpaired) electrons. The lowest BCUT2D eigenvalue weighted by molar-refractivity contribution is 0.102. The number of anilines is 2. The summed E-state index contributed by atoms with van der Waals surface area (Å²) < 4.78 is 0. The Labute approximate surface area is 162 Å². The molecule has 1 aliphatic rings. The van der Waals surface area contributed by atoms with Gasteiger partial charge in [-0.2, -0.15) is 0 Å². The molecule has 2 aromatic carbocycles. The number of carbonyl (C=O) groups excluding carboxylic acids is 1. The molecule has 3 aromatic rings. The molecule has 1 amide bonds. The second kappa shape index (κ2) is 7.37. The van der Waals surface area contributed by atoms with E-state index in [0.717, 1.165) is 24.0 Å². The molecule has 0 unspecified atom stereocenters. The van der Waals surface area contributed by atoms with E-state index in [1.807, 2.05) is 43.3 Å².